The lowest BCUT2D eigenvalue weighted by Crippen LogP contribution is -2.44. The van der Waals surface area contributed by atoms with E-state index in [9.17, 15) is 14.4 Å². The van der Waals surface area contributed by atoms with E-state index in [1.54, 1.807) is 12.1 Å². The molecule has 1 heterocycles. The highest BCUT2D eigenvalue weighted by atomic mass is 79.9. The van der Waals surface area contributed by atoms with Crippen LogP contribution in [0.2, 0.25) is 0 Å². The molecule has 10 nitrogen and oxygen atoms in total. The fourth-order valence-electron chi connectivity index (χ4n) is 3.86. The van der Waals surface area contributed by atoms with Gasteiger partial charge in [-0.15, -0.1) is 0 Å². The summed E-state index contributed by atoms with van der Waals surface area (Å²) in [5.74, 6) is -1.00. The van der Waals surface area contributed by atoms with Crippen LogP contribution in [-0.2, 0) is 18.9 Å². The highest BCUT2D eigenvalue weighted by Crippen LogP contribution is 2.43. The summed E-state index contributed by atoms with van der Waals surface area (Å²) in [6.45, 7) is -0.528. The molecule has 4 rings (SSSR count). The van der Waals surface area contributed by atoms with Gasteiger partial charge in [0.05, 0.1) is 38.0 Å². The molecule has 4 atom stereocenters. The Bertz CT molecular complexity index is 1360. The van der Waals surface area contributed by atoms with E-state index in [-0.39, 0.29) is 16.7 Å². The van der Waals surface area contributed by atoms with E-state index in [4.69, 9.17) is 33.2 Å². The number of halogens is 2. The molecule has 0 N–H and O–H groups in total. The summed E-state index contributed by atoms with van der Waals surface area (Å²) in [6.07, 6.45) is -4.90. The van der Waals surface area contributed by atoms with Crippen LogP contribution in [0.25, 0.3) is 0 Å². The van der Waals surface area contributed by atoms with Crippen molar-refractivity contribution in [1.29, 1.82) is 0 Å². The number of hydrogen-bond donors (Lipinski definition) is 0. The van der Waals surface area contributed by atoms with Crippen LogP contribution in [-0.4, -0.2) is 68.9 Å². The van der Waals surface area contributed by atoms with Crippen LogP contribution >= 0.6 is 15.9 Å². The topological polar surface area (TPSA) is 116 Å². The van der Waals surface area contributed by atoms with Gasteiger partial charge >= 0.3 is 17.9 Å². The van der Waals surface area contributed by atoms with Gasteiger partial charge in [0.15, 0.2) is 6.10 Å². The molecule has 0 spiro atoms. The normalized spacial score (nSPS) is 21.4. The highest BCUT2D eigenvalue weighted by Gasteiger charge is 2.61. The number of alkyl halides is 2. The molecule has 0 amide bonds. The fraction of sp³-hybridized carbons (Fsp3) is 0.276. The van der Waals surface area contributed by atoms with Crippen molar-refractivity contribution < 1.29 is 51.9 Å². The monoisotopic (exact) mass is 632 g/mol. The van der Waals surface area contributed by atoms with E-state index in [2.05, 4.69) is 15.9 Å². The second-order valence-electron chi connectivity index (χ2n) is 8.70. The van der Waals surface area contributed by atoms with Crippen LogP contribution in [0.1, 0.15) is 31.1 Å². The molecular formula is C29H26BrFO10. The standard InChI is InChI=1S/C29H26BrFO10/c1-35-20-10-4-17(5-11-20)25(32)38-16-23-24(40-26(33)18-6-12-21(36-2)13-7-18)29(30,31)28(39-23)41-27(34)19-8-14-22(37-3)15-9-19/h4-15,23-24,28H,16H2,1-3H3/t23-,24-,28-,29-/m1/s1. The van der Waals surface area contributed by atoms with Crippen molar-refractivity contribution in [3.05, 3.63) is 89.5 Å². The van der Waals surface area contributed by atoms with Gasteiger partial charge in [-0.05, 0) is 88.7 Å². The number of carbonyl (C=O) groups is 3. The molecule has 41 heavy (non-hydrogen) atoms. The molecular weight excluding hydrogens is 607 g/mol. The molecule has 0 saturated carbocycles. The van der Waals surface area contributed by atoms with E-state index in [0.717, 1.165) is 0 Å². The number of benzene rings is 3. The molecule has 1 aliphatic rings. The third-order valence-electron chi connectivity index (χ3n) is 6.13. The van der Waals surface area contributed by atoms with Gasteiger partial charge in [0, 0.05) is 0 Å². The first kappa shape index (κ1) is 29.8. The summed E-state index contributed by atoms with van der Waals surface area (Å²) in [6, 6.07) is 18.0. The van der Waals surface area contributed by atoms with Crippen molar-refractivity contribution in [2.24, 2.45) is 0 Å². The molecule has 3 aromatic rings. The quantitative estimate of drug-likeness (QED) is 0.176. The van der Waals surface area contributed by atoms with Gasteiger partial charge in [0.2, 0.25) is 0 Å². The van der Waals surface area contributed by atoms with Crippen molar-refractivity contribution in [3.8, 4) is 17.2 Å². The van der Waals surface area contributed by atoms with Crippen molar-refractivity contribution in [1.82, 2.24) is 0 Å². The summed E-state index contributed by atoms with van der Waals surface area (Å²) < 4.78 is 50.4. The number of hydrogen-bond acceptors (Lipinski definition) is 10. The molecule has 1 saturated heterocycles. The largest absolute Gasteiger partial charge is 0.497 e. The Labute approximate surface area is 243 Å². The summed E-state index contributed by atoms with van der Waals surface area (Å²) in [4.78, 5) is 38.3. The molecule has 0 aromatic heterocycles. The average molecular weight is 633 g/mol. The van der Waals surface area contributed by atoms with E-state index >= 15 is 4.39 Å². The smallest absolute Gasteiger partial charge is 0.340 e. The molecule has 0 aliphatic carbocycles. The molecule has 0 unspecified atom stereocenters. The van der Waals surface area contributed by atoms with Crippen LogP contribution in [0.4, 0.5) is 4.39 Å². The number of rotatable bonds is 10. The maximum atomic E-state index is 16.2. The first-order valence-electron chi connectivity index (χ1n) is 12.2. The number of ether oxygens (including phenoxy) is 7. The second kappa shape index (κ2) is 13.0. The Morgan fingerprint density at radius 2 is 1.10 bits per heavy atom. The first-order valence-corrected chi connectivity index (χ1v) is 13.0. The number of methoxy groups -OCH3 is 3. The molecule has 1 aliphatic heterocycles. The van der Waals surface area contributed by atoms with Crippen LogP contribution in [0.5, 0.6) is 17.2 Å². The van der Waals surface area contributed by atoms with Crippen molar-refractivity contribution >= 4 is 33.8 Å². The fourth-order valence-corrected chi connectivity index (χ4v) is 4.45. The predicted molar refractivity (Wildman–Crippen MR) is 145 cm³/mol. The molecule has 216 valence electrons. The van der Waals surface area contributed by atoms with Crippen LogP contribution in [0, 0.1) is 0 Å². The van der Waals surface area contributed by atoms with Crippen molar-refractivity contribution in [3.63, 3.8) is 0 Å². The third kappa shape index (κ3) is 6.95. The molecule has 0 radical (unpaired) electrons. The lowest BCUT2D eigenvalue weighted by molar-refractivity contribution is -0.133. The van der Waals surface area contributed by atoms with Gasteiger partial charge in [-0.25, -0.2) is 18.8 Å². The lowest BCUT2D eigenvalue weighted by atomic mass is 10.1. The Kier molecular flexibility index (Phi) is 9.46. The summed E-state index contributed by atoms with van der Waals surface area (Å²) >= 11 is 2.89. The minimum Gasteiger partial charge on any atom is -0.497 e. The second-order valence-corrected chi connectivity index (χ2v) is 9.91. The minimum atomic E-state index is -2.70. The van der Waals surface area contributed by atoms with E-state index in [1.807, 2.05) is 0 Å². The van der Waals surface area contributed by atoms with Crippen LogP contribution in [0.3, 0.4) is 0 Å². The van der Waals surface area contributed by atoms with E-state index in [1.165, 1.54) is 82.0 Å². The average Bonchev–Trinajstić information content (AvgIpc) is 3.23. The number of carbonyl (C=O) groups excluding carboxylic acids is 3. The Hall–Kier alpha value is -4.16. The Balaban J connectivity index is 1.52. The third-order valence-corrected chi connectivity index (χ3v) is 6.96. The highest BCUT2D eigenvalue weighted by molar-refractivity contribution is 9.10. The minimum absolute atomic E-state index is 0.0962. The van der Waals surface area contributed by atoms with Gasteiger partial charge in [-0.2, -0.15) is 0 Å². The van der Waals surface area contributed by atoms with Gasteiger partial charge < -0.3 is 33.2 Å². The van der Waals surface area contributed by atoms with E-state index < -0.39 is 47.6 Å². The number of esters is 3. The summed E-state index contributed by atoms with van der Waals surface area (Å²) in [7, 11) is 4.42. The van der Waals surface area contributed by atoms with Crippen molar-refractivity contribution in [2.45, 2.75) is 23.1 Å². The van der Waals surface area contributed by atoms with Crippen molar-refractivity contribution in [2.75, 3.05) is 27.9 Å². The van der Waals surface area contributed by atoms with Crippen LogP contribution < -0.4 is 14.2 Å². The summed E-state index contributed by atoms with van der Waals surface area (Å²) in [5, 5.41) is 0. The predicted octanol–water partition coefficient (Wildman–Crippen LogP) is 4.74. The lowest BCUT2D eigenvalue weighted by Gasteiger charge is -2.25. The van der Waals surface area contributed by atoms with Gasteiger partial charge in [0.25, 0.3) is 10.9 Å². The Morgan fingerprint density at radius 3 is 1.51 bits per heavy atom. The zero-order valence-corrected chi connectivity index (χ0v) is 23.8. The Morgan fingerprint density at radius 1 is 0.707 bits per heavy atom. The maximum Gasteiger partial charge on any atom is 0.340 e. The maximum absolute atomic E-state index is 16.2. The van der Waals surface area contributed by atoms with Gasteiger partial charge in [0.1, 0.15) is 30.0 Å². The zero-order valence-electron chi connectivity index (χ0n) is 22.2. The van der Waals surface area contributed by atoms with Gasteiger partial charge in [-0.3, -0.25) is 0 Å². The van der Waals surface area contributed by atoms with Gasteiger partial charge in [-0.1, -0.05) is 0 Å². The molecule has 1 fully saturated rings. The molecule has 12 heteroatoms. The van der Waals surface area contributed by atoms with E-state index in [0.29, 0.717) is 17.2 Å². The SMILES string of the molecule is COc1ccc(C(=O)OC[C@H]2O[C@H](OC(=O)c3ccc(OC)cc3)[C@@](F)(Br)[C@@H]2OC(=O)c2ccc(OC)cc2)cc1. The molecule has 3 aromatic carbocycles. The summed E-state index contributed by atoms with van der Waals surface area (Å²) in [5.41, 5.74) is 0.393. The zero-order chi connectivity index (χ0) is 29.6. The van der Waals surface area contributed by atoms with Crippen LogP contribution in [0.15, 0.2) is 72.8 Å². The first-order chi connectivity index (χ1) is 19.7. The molecule has 0 bridgehead atoms.